The summed E-state index contributed by atoms with van der Waals surface area (Å²) in [5, 5.41) is 0. The van der Waals surface area contributed by atoms with E-state index in [2.05, 4.69) is 13.8 Å². The fourth-order valence-corrected chi connectivity index (χ4v) is 1.53. The van der Waals surface area contributed by atoms with Gasteiger partial charge in [0, 0.05) is 12.2 Å². The Labute approximate surface area is 107 Å². The number of hydrogen-bond donors (Lipinski definition) is 0. The lowest BCUT2D eigenvalue weighted by atomic mass is 10.2. The molecule has 0 saturated heterocycles. The van der Waals surface area contributed by atoms with Crippen molar-refractivity contribution < 1.29 is 13.9 Å². The van der Waals surface area contributed by atoms with Crippen LogP contribution in [0.15, 0.2) is 18.2 Å². The van der Waals surface area contributed by atoms with Crippen LogP contribution in [0.3, 0.4) is 0 Å². The molecule has 1 rings (SSSR count). The van der Waals surface area contributed by atoms with Gasteiger partial charge in [0.05, 0.1) is 12.5 Å². The molecule has 0 atom stereocenters. The lowest BCUT2D eigenvalue weighted by Crippen LogP contribution is -2.10. The van der Waals surface area contributed by atoms with E-state index < -0.39 is 0 Å². The van der Waals surface area contributed by atoms with Crippen LogP contribution in [0.4, 0.5) is 4.39 Å². The Morgan fingerprint density at radius 1 is 1.29 bits per heavy atom. The van der Waals surface area contributed by atoms with E-state index in [-0.39, 0.29) is 11.7 Å². The average molecular weight is 261 g/mol. The van der Waals surface area contributed by atoms with Crippen molar-refractivity contribution in [3.63, 3.8) is 0 Å². The zero-order valence-corrected chi connectivity index (χ0v) is 11.0. The number of halogens is 2. The molecule has 0 fully saturated rings. The second kappa shape index (κ2) is 7.51. The highest BCUT2D eigenvalue weighted by molar-refractivity contribution is 6.17. The Balaban J connectivity index is 2.36. The second-order valence-corrected chi connectivity index (χ2v) is 4.47. The third-order valence-electron chi connectivity index (χ3n) is 2.10. The molecular weight excluding hydrogens is 243 g/mol. The summed E-state index contributed by atoms with van der Waals surface area (Å²) in [5.74, 6) is 1.07. The van der Waals surface area contributed by atoms with E-state index in [0.29, 0.717) is 30.4 Å². The van der Waals surface area contributed by atoms with Crippen LogP contribution in [0, 0.1) is 11.7 Å². The molecule has 0 aliphatic heterocycles. The first-order chi connectivity index (χ1) is 8.13. The number of rotatable bonds is 7. The summed E-state index contributed by atoms with van der Waals surface area (Å²) in [6.45, 7) is 5.87. The first-order valence-corrected chi connectivity index (χ1v) is 6.22. The van der Waals surface area contributed by atoms with Crippen LogP contribution < -0.4 is 4.74 Å². The first-order valence-electron chi connectivity index (χ1n) is 5.68. The lowest BCUT2D eigenvalue weighted by Gasteiger charge is -2.11. The van der Waals surface area contributed by atoms with E-state index in [9.17, 15) is 4.39 Å². The molecule has 0 aliphatic rings. The molecule has 0 bridgehead atoms. The minimum Gasteiger partial charge on any atom is -0.491 e. The van der Waals surface area contributed by atoms with Crippen molar-refractivity contribution >= 4 is 11.6 Å². The van der Waals surface area contributed by atoms with E-state index in [1.165, 1.54) is 12.1 Å². The highest BCUT2D eigenvalue weighted by Gasteiger charge is 2.04. The van der Waals surface area contributed by atoms with Gasteiger partial charge in [0.1, 0.15) is 18.2 Å². The van der Waals surface area contributed by atoms with E-state index >= 15 is 0 Å². The standard InChI is InChI=1S/C13H18ClFO2/c1-10(2)9-16-5-6-17-13-4-3-12(15)7-11(13)8-14/h3-4,7,10H,5-6,8-9H2,1-2H3. The molecule has 4 heteroatoms. The average Bonchev–Trinajstić information content (AvgIpc) is 2.29. The minimum atomic E-state index is -0.302. The predicted molar refractivity (Wildman–Crippen MR) is 67.1 cm³/mol. The maximum absolute atomic E-state index is 12.9. The van der Waals surface area contributed by atoms with E-state index in [1.807, 2.05) is 0 Å². The lowest BCUT2D eigenvalue weighted by molar-refractivity contribution is 0.0816. The Morgan fingerprint density at radius 2 is 2.06 bits per heavy atom. The van der Waals surface area contributed by atoms with Crippen molar-refractivity contribution in [2.45, 2.75) is 19.7 Å². The number of alkyl halides is 1. The summed E-state index contributed by atoms with van der Waals surface area (Å²) in [5.41, 5.74) is 0.663. The van der Waals surface area contributed by atoms with E-state index in [0.717, 1.165) is 6.61 Å². The van der Waals surface area contributed by atoms with Crippen LogP contribution in [0.5, 0.6) is 5.75 Å². The molecule has 0 N–H and O–H groups in total. The molecule has 0 radical (unpaired) electrons. The van der Waals surface area contributed by atoms with Gasteiger partial charge in [-0.05, 0) is 24.1 Å². The molecule has 1 aromatic carbocycles. The summed E-state index contributed by atoms with van der Waals surface area (Å²) < 4.78 is 23.8. The van der Waals surface area contributed by atoms with Gasteiger partial charge >= 0.3 is 0 Å². The monoisotopic (exact) mass is 260 g/mol. The van der Waals surface area contributed by atoms with Gasteiger partial charge in [-0.2, -0.15) is 0 Å². The van der Waals surface area contributed by atoms with Crippen molar-refractivity contribution in [2.75, 3.05) is 19.8 Å². The van der Waals surface area contributed by atoms with Crippen LogP contribution in [0.25, 0.3) is 0 Å². The van der Waals surface area contributed by atoms with Crippen molar-refractivity contribution in [3.8, 4) is 5.75 Å². The van der Waals surface area contributed by atoms with Gasteiger partial charge in [0.15, 0.2) is 0 Å². The zero-order valence-electron chi connectivity index (χ0n) is 10.2. The Bertz CT molecular complexity index is 342. The fourth-order valence-electron chi connectivity index (χ4n) is 1.32. The maximum Gasteiger partial charge on any atom is 0.124 e. The molecule has 0 spiro atoms. The molecule has 2 nitrogen and oxygen atoms in total. The number of benzene rings is 1. The van der Waals surface area contributed by atoms with Gasteiger partial charge < -0.3 is 9.47 Å². The molecule has 0 saturated carbocycles. The van der Waals surface area contributed by atoms with Crippen LogP contribution >= 0.6 is 11.6 Å². The highest BCUT2D eigenvalue weighted by atomic mass is 35.5. The Hall–Kier alpha value is -0.800. The minimum absolute atomic E-state index is 0.236. The Kier molecular flexibility index (Phi) is 6.30. The SMILES string of the molecule is CC(C)COCCOc1ccc(F)cc1CCl. The molecule has 0 aliphatic carbocycles. The van der Waals surface area contributed by atoms with Gasteiger partial charge in [0.25, 0.3) is 0 Å². The molecular formula is C13H18ClFO2. The molecule has 0 amide bonds. The van der Waals surface area contributed by atoms with Crippen molar-refractivity contribution in [2.24, 2.45) is 5.92 Å². The van der Waals surface area contributed by atoms with Gasteiger partial charge in [0.2, 0.25) is 0 Å². The van der Waals surface area contributed by atoms with Gasteiger partial charge in [-0.3, -0.25) is 0 Å². The van der Waals surface area contributed by atoms with Crippen molar-refractivity contribution in [1.29, 1.82) is 0 Å². The normalized spacial score (nSPS) is 10.9. The molecule has 0 heterocycles. The zero-order chi connectivity index (χ0) is 12.7. The van der Waals surface area contributed by atoms with Crippen LogP contribution in [0.1, 0.15) is 19.4 Å². The summed E-state index contributed by atoms with van der Waals surface area (Å²) in [7, 11) is 0. The molecule has 0 unspecified atom stereocenters. The third-order valence-corrected chi connectivity index (χ3v) is 2.39. The highest BCUT2D eigenvalue weighted by Crippen LogP contribution is 2.21. The molecule has 96 valence electrons. The largest absolute Gasteiger partial charge is 0.491 e. The first kappa shape index (κ1) is 14.3. The second-order valence-electron chi connectivity index (χ2n) is 4.20. The Morgan fingerprint density at radius 3 is 2.71 bits per heavy atom. The molecule has 0 aromatic heterocycles. The van der Waals surface area contributed by atoms with Crippen molar-refractivity contribution in [3.05, 3.63) is 29.6 Å². The van der Waals surface area contributed by atoms with Crippen LogP contribution in [-0.4, -0.2) is 19.8 Å². The number of ether oxygens (including phenoxy) is 2. The summed E-state index contributed by atoms with van der Waals surface area (Å²) in [6.07, 6.45) is 0. The summed E-state index contributed by atoms with van der Waals surface area (Å²) in [6, 6.07) is 4.34. The van der Waals surface area contributed by atoms with Crippen LogP contribution in [0.2, 0.25) is 0 Å². The van der Waals surface area contributed by atoms with Crippen LogP contribution in [-0.2, 0) is 10.6 Å². The number of hydrogen-bond acceptors (Lipinski definition) is 2. The molecule has 1 aromatic rings. The third kappa shape index (κ3) is 5.37. The van der Waals surface area contributed by atoms with Gasteiger partial charge in [-0.15, -0.1) is 11.6 Å². The van der Waals surface area contributed by atoms with E-state index in [1.54, 1.807) is 6.07 Å². The van der Waals surface area contributed by atoms with E-state index in [4.69, 9.17) is 21.1 Å². The fraction of sp³-hybridized carbons (Fsp3) is 0.538. The predicted octanol–water partition coefficient (Wildman–Crippen LogP) is 3.62. The summed E-state index contributed by atoms with van der Waals surface area (Å²) in [4.78, 5) is 0. The maximum atomic E-state index is 12.9. The quantitative estimate of drug-likeness (QED) is 0.551. The van der Waals surface area contributed by atoms with Gasteiger partial charge in [-0.1, -0.05) is 13.8 Å². The topological polar surface area (TPSA) is 18.5 Å². The van der Waals surface area contributed by atoms with Gasteiger partial charge in [-0.25, -0.2) is 4.39 Å². The van der Waals surface area contributed by atoms with Crippen molar-refractivity contribution in [1.82, 2.24) is 0 Å². The summed E-state index contributed by atoms with van der Waals surface area (Å²) >= 11 is 5.71. The smallest absolute Gasteiger partial charge is 0.124 e. The molecule has 17 heavy (non-hydrogen) atoms.